The second-order valence-corrected chi connectivity index (χ2v) is 5.59. The topological polar surface area (TPSA) is 35.9 Å². The molecule has 0 saturated carbocycles. The third-order valence-electron chi connectivity index (χ3n) is 4.26. The molecule has 0 spiro atoms. The van der Waals surface area contributed by atoms with Gasteiger partial charge in [0.15, 0.2) is 0 Å². The van der Waals surface area contributed by atoms with Crippen LogP contribution in [0.4, 0.5) is 0 Å². The third-order valence-corrected chi connectivity index (χ3v) is 4.26. The first kappa shape index (κ1) is 15.3. The van der Waals surface area contributed by atoms with E-state index in [0.29, 0.717) is 12.6 Å². The van der Waals surface area contributed by atoms with E-state index in [-0.39, 0.29) is 0 Å². The molecular weight excluding hydrogens is 252 g/mol. The molecule has 2 rings (SSSR count). The Morgan fingerprint density at radius 3 is 2.60 bits per heavy atom. The molecule has 4 nitrogen and oxygen atoms in total. The Balaban J connectivity index is 1.91. The van der Waals surface area contributed by atoms with Gasteiger partial charge in [0.2, 0.25) is 0 Å². The van der Waals surface area contributed by atoms with E-state index in [1.54, 1.807) is 7.11 Å². The minimum Gasteiger partial charge on any atom is -0.497 e. The Bertz CT molecular complexity index is 407. The lowest BCUT2D eigenvalue weighted by atomic mass is 10.1. The van der Waals surface area contributed by atoms with Crippen molar-refractivity contribution in [2.24, 2.45) is 0 Å². The number of hydrogen-bond acceptors (Lipinski definition) is 4. The quantitative estimate of drug-likeness (QED) is 0.890. The van der Waals surface area contributed by atoms with Crippen molar-refractivity contribution in [3.05, 3.63) is 29.8 Å². The number of piperazine rings is 1. The molecule has 112 valence electrons. The average Bonchev–Trinajstić information content (AvgIpc) is 2.49. The summed E-state index contributed by atoms with van der Waals surface area (Å²) in [7, 11) is 3.84. The summed E-state index contributed by atoms with van der Waals surface area (Å²) in [6, 6.07) is 8.29. The Hall–Kier alpha value is -1.10. The van der Waals surface area contributed by atoms with Gasteiger partial charge in [-0.15, -0.1) is 0 Å². The summed E-state index contributed by atoms with van der Waals surface area (Å²) >= 11 is 0. The zero-order chi connectivity index (χ0) is 14.5. The van der Waals surface area contributed by atoms with E-state index < -0.39 is 6.10 Å². The molecule has 0 amide bonds. The zero-order valence-corrected chi connectivity index (χ0v) is 12.7. The number of nitrogens with zero attached hydrogens (tertiary/aromatic N) is 2. The second-order valence-electron chi connectivity index (χ2n) is 5.59. The van der Waals surface area contributed by atoms with Crippen LogP contribution < -0.4 is 4.74 Å². The van der Waals surface area contributed by atoms with Crippen LogP contribution in [-0.2, 0) is 0 Å². The molecule has 1 saturated heterocycles. The molecule has 1 N–H and O–H groups in total. The molecule has 0 aromatic heterocycles. The Morgan fingerprint density at radius 2 is 2.00 bits per heavy atom. The first-order valence-electron chi connectivity index (χ1n) is 7.38. The minimum atomic E-state index is -0.429. The van der Waals surface area contributed by atoms with Crippen LogP contribution in [0.2, 0.25) is 0 Å². The lowest BCUT2D eigenvalue weighted by Crippen LogP contribution is -2.51. The molecule has 1 aromatic rings. The molecule has 0 aliphatic carbocycles. The number of methoxy groups -OCH3 is 1. The number of aliphatic hydroxyl groups excluding tert-OH is 1. The van der Waals surface area contributed by atoms with E-state index in [0.717, 1.165) is 37.4 Å². The third kappa shape index (κ3) is 3.72. The van der Waals surface area contributed by atoms with Gasteiger partial charge in [0, 0.05) is 32.2 Å². The Kier molecular flexibility index (Phi) is 5.40. The second kappa shape index (κ2) is 7.07. The predicted octanol–water partition coefficient (Wildman–Crippen LogP) is 1.75. The monoisotopic (exact) mass is 278 g/mol. The highest BCUT2D eigenvalue weighted by atomic mass is 16.5. The van der Waals surface area contributed by atoms with Gasteiger partial charge in [-0.05, 0) is 31.2 Å². The molecule has 0 bridgehead atoms. The SMILES string of the molecule is CCC1CN(CC(O)c2ccc(OC)cc2)CCN1C. The van der Waals surface area contributed by atoms with Crippen LogP contribution in [0.1, 0.15) is 25.0 Å². The van der Waals surface area contributed by atoms with Gasteiger partial charge in [0.05, 0.1) is 13.2 Å². The number of ether oxygens (including phenoxy) is 1. The zero-order valence-electron chi connectivity index (χ0n) is 12.7. The average molecular weight is 278 g/mol. The summed E-state index contributed by atoms with van der Waals surface area (Å²) in [5.74, 6) is 0.826. The fraction of sp³-hybridized carbons (Fsp3) is 0.625. The summed E-state index contributed by atoms with van der Waals surface area (Å²) in [5, 5.41) is 10.4. The van der Waals surface area contributed by atoms with Gasteiger partial charge in [0.25, 0.3) is 0 Å². The molecule has 2 unspecified atom stereocenters. The summed E-state index contributed by atoms with van der Waals surface area (Å²) in [6.45, 7) is 6.08. The van der Waals surface area contributed by atoms with Crippen molar-refractivity contribution in [2.75, 3.05) is 40.3 Å². The fourth-order valence-electron chi connectivity index (χ4n) is 2.79. The fourth-order valence-corrected chi connectivity index (χ4v) is 2.79. The van der Waals surface area contributed by atoms with Crippen molar-refractivity contribution < 1.29 is 9.84 Å². The standard InChI is InChI=1S/C16H26N2O2/c1-4-14-11-18(10-9-17(14)2)12-16(19)13-5-7-15(20-3)8-6-13/h5-8,14,16,19H,4,9-12H2,1-3H3. The van der Waals surface area contributed by atoms with Crippen molar-refractivity contribution >= 4 is 0 Å². The lowest BCUT2D eigenvalue weighted by Gasteiger charge is -2.39. The van der Waals surface area contributed by atoms with E-state index in [9.17, 15) is 5.11 Å². The van der Waals surface area contributed by atoms with Crippen molar-refractivity contribution in [3.63, 3.8) is 0 Å². The summed E-state index contributed by atoms with van der Waals surface area (Å²) in [5.41, 5.74) is 0.956. The molecule has 1 heterocycles. The first-order valence-corrected chi connectivity index (χ1v) is 7.38. The number of aliphatic hydroxyl groups is 1. The molecule has 20 heavy (non-hydrogen) atoms. The summed E-state index contributed by atoms with van der Waals surface area (Å²) < 4.78 is 5.14. The van der Waals surface area contributed by atoms with Crippen molar-refractivity contribution in [1.82, 2.24) is 9.80 Å². The van der Waals surface area contributed by atoms with Gasteiger partial charge >= 0.3 is 0 Å². The van der Waals surface area contributed by atoms with Crippen molar-refractivity contribution in [3.8, 4) is 5.75 Å². The smallest absolute Gasteiger partial charge is 0.118 e. The molecule has 2 atom stereocenters. The van der Waals surface area contributed by atoms with Crippen molar-refractivity contribution in [2.45, 2.75) is 25.5 Å². The summed E-state index contributed by atoms with van der Waals surface area (Å²) in [4.78, 5) is 4.78. The lowest BCUT2D eigenvalue weighted by molar-refractivity contribution is 0.0502. The molecule has 1 aliphatic rings. The minimum absolute atomic E-state index is 0.429. The maximum atomic E-state index is 10.4. The Morgan fingerprint density at radius 1 is 1.30 bits per heavy atom. The van der Waals surface area contributed by atoms with Crippen molar-refractivity contribution in [1.29, 1.82) is 0 Å². The van der Waals surface area contributed by atoms with Crippen LogP contribution in [0.3, 0.4) is 0 Å². The highest BCUT2D eigenvalue weighted by Crippen LogP contribution is 2.20. The first-order chi connectivity index (χ1) is 9.63. The normalized spacial score (nSPS) is 22.7. The molecule has 1 aliphatic heterocycles. The van der Waals surface area contributed by atoms with Gasteiger partial charge in [-0.3, -0.25) is 4.90 Å². The molecule has 4 heteroatoms. The highest BCUT2D eigenvalue weighted by Gasteiger charge is 2.24. The maximum Gasteiger partial charge on any atom is 0.118 e. The van der Waals surface area contributed by atoms with E-state index in [2.05, 4.69) is 23.8 Å². The molecular formula is C16H26N2O2. The van der Waals surface area contributed by atoms with Crippen LogP contribution in [0.15, 0.2) is 24.3 Å². The van der Waals surface area contributed by atoms with Gasteiger partial charge in [0.1, 0.15) is 5.75 Å². The highest BCUT2D eigenvalue weighted by molar-refractivity contribution is 5.28. The number of benzene rings is 1. The molecule has 1 fully saturated rings. The maximum absolute atomic E-state index is 10.4. The molecule has 1 aromatic carbocycles. The van der Waals surface area contributed by atoms with Crippen LogP contribution in [0.25, 0.3) is 0 Å². The number of rotatable bonds is 5. The van der Waals surface area contributed by atoms with E-state index in [1.165, 1.54) is 0 Å². The predicted molar refractivity (Wildman–Crippen MR) is 81.1 cm³/mol. The summed E-state index contributed by atoms with van der Waals surface area (Å²) in [6.07, 6.45) is 0.729. The van der Waals surface area contributed by atoms with E-state index >= 15 is 0 Å². The van der Waals surface area contributed by atoms with Crippen LogP contribution in [-0.4, -0.2) is 61.3 Å². The van der Waals surface area contributed by atoms with E-state index in [4.69, 9.17) is 4.74 Å². The van der Waals surface area contributed by atoms with Gasteiger partial charge in [-0.1, -0.05) is 19.1 Å². The number of likely N-dealkylation sites (N-methyl/N-ethyl adjacent to an activating group) is 1. The van der Waals surface area contributed by atoms with Gasteiger partial charge in [-0.25, -0.2) is 0 Å². The number of β-amino-alcohol motifs (C(OH)–C–C–N with tert-alkyl or cyclic N) is 1. The Labute approximate surface area is 122 Å². The van der Waals surface area contributed by atoms with Gasteiger partial charge in [-0.2, -0.15) is 0 Å². The van der Waals surface area contributed by atoms with Crippen LogP contribution >= 0.6 is 0 Å². The largest absolute Gasteiger partial charge is 0.497 e. The van der Waals surface area contributed by atoms with E-state index in [1.807, 2.05) is 24.3 Å². The number of hydrogen-bond donors (Lipinski definition) is 1. The van der Waals surface area contributed by atoms with Crippen LogP contribution in [0, 0.1) is 0 Å². The van der Waals surface area contributed by atoms with Gasteiger partial charge < -0.3 is 14.7 Å². The van der Waals surface area contributed by atoms with Crippen LogP contribution in [0.5, 0.6) is 5.75 Å². The molecule has 0 radical (unpaired) electrons.